The maximum absolute atomic E-state index is 12.6. The predicted octanol–water partition coefficient (Wildman–Crippen LogP) is 4.48. The number of pyridine rings is 1. The van der Waals surface area contributed by atoms with Gasteiger partial charge in [-0.15, -0.1) is 0 Å². The van der Waals surface area contributed by atoms with Gasteiger partial charge in [0, 0.05) is 30.0 Å². The number of hydrogen-bond donors (Lipinski definition) is 0. The van der Waals surface area contributed by atoms with E-state index < -0.39 is 6.85 Å². The number of carbonyl (C=O) groups excluding carboxylic acids is 1. The highest BCUT2D eigenvalue weighted by molar-refractivity contribution is 5.83. The molecule has 0 bridgehead atoms. The van der Waals surface area contributed by atoms with Crippen LogP contribution in [0.25, 0.3) is 16.9 Å². The molecule has 0 aliphatic heterocycles. The van der Waals surface area contributed by atoms with Crippen LogP contribution in [0.4, 0.5) is 0 Å². The van der Waals surface area contributed by atoms with Crippen molar-refractivity contribution in [2.45, 2.75) is 47.9 Å². The van der Waals surface area contributed by atoms with Crippen LogP contribution in [0.15, 0.2) is 18.3 Å². The first-order valence-corrected chi connectivity index (χ1v) is 9.13. The number of likely N-dealkylation sites (N-methyl/N-ethyl adjacent to an activating group) is 1. The van der Waals surface area contributed by atoms with Crippen LogP contribution in [-0.4, -0.2) is 34.3 Å². The van der Waals surface area contributed by atoms with E-state index in [0.29, 0.717) is 5.56 Å². The fourth-order valence-corrected chi connectivity index (χ4v) is 3.54. The summed E-state index contributed by atoms with van der Waals surface area (Å²) in [4.78, 5) is 19.1. The number of amides is 1. The summed E-state index contributed by atoms with van der Waals surface area (Å²) in [6, 6.07) is 3.95. The summed E-state index contributed by atoms with van der Waals surface area (Å²) in [7, 11) is 3.48. The Labute approximate surface area is 166 Å². The molecule has 1 amide bonds. The van der Waals surface area contributed by atoms with Gasteiger partial charge >= 0.3 is 0 Å². The van der Waals surface area contributed by atoms with Crippen molar-refractivity contribution < 1.29 is 8.91 Å². The molecule has 142 valence electrons. The molecule has 2 aromatic heterocycles. The molecular weight excluding hydrogens is 334 g/mol. The number of carbonyl (C=O) groups is 1. The lowest BCUT2D eigenvalue weighted by molar-refractivity contribution is -0.128. The number of fused-ring (bicyclic) bond motifs is 1. The Kier molecular flexibility index (Phi) is 3.91. The van der Waals surface area contributed by atoms with E-state index in [1.54, 1.807) is 19.0 Å². The van der Waals surface area contributed by atoms with E-state index in [1.807, 2.05) is 57.3 Å². The van der Waals surface area contributed by atoms with Crippen molar-refractivity contribution >= 4 is 11.6 Å². The van der Waals surface area contributed by atoms with E-state index in [1.165, 1.54) is 0 Å². The van der Waals surface area contributed by atoms with E-state index >= 15 is 0 Å². The van der Waals surface area contributed by atoms with Gasteiger partial charge in [-0.05, 0) is 80.9 Å². The Morgan fingerprint density at radius 1 is 1.04 bits per heavy atom. The van der Waals surface area contributed by atoms with E-state index in [2.05, 4.69) is 0 Å². The molecule has 27 heavy (non-hydrogen) atoms. The van der Waals surface area contributed by atoms with Crippen molar-refractivity contribution in [2.75, 3.05) is 14.1 Å². The van der Waals surface area contributed by atoms with Gasteiger partial charge in [0.05, 0.1) is 17.8 Å². The van der Waals surface area contributed by atoms with Gasteiger partial charge < -0.3 is 9.30 Å². The Morgan fingerprint density at radius 2 is 1.67 bits per heavy atom. The van der Waals surface area contributed by atoms with Crippen molar-refractivity contribution in [3.8, 4) is 11.3 Å². The highest BCUT2D eigenvalue weighted by Gasteiger charge is 2.23. The number of aryl methyl sites for hydroxylation is 1. The lowest BCUT2D eigenvalue weighted by Gasteiger charge is -2.19. The van der Waals surface area contributed by atoms with E-state index in [9.17, 15) is 4.79 Å². The first-order chi connectivity index (χ1) is 13.8. The highest BCUT2D eigenvalue weighted by atomic mass is 16.2. The molecule has 0 saturated heterocycles. The lowest BCUT2D eigenvalue weighted by Crippen LogP contribution is -2.24. The van der Waals surface area contributed by atoms with E-state index in [4.69, 9.17) is 9.10 Å². The lowest BCUT2D eigenvalue weighted by atomic mass is 9.87. The van der Waals surface area contributed by atoms with Crippen molar-refractivity contribution in [3.05, 3.63) is 57.4 Å². The molecule has 4 heteroatoms. The second-order valence-corrected chi connectivity index (χ2v) is 7.56. The third kappa shape index (κ3) is 3.14. The number of nitrogens with zero attached hydrogens (tertiary/aromatic N) is 3. The van der Waals surface area contributed by atoms with Crippen molar-refractivity contribution in [3.63, 3.8) is 0 Å². The highest BCUT2D eigenvalue weighted by Crippen LogP contribution is 2.36. The normalized spacial score (nSPS) is 13.4. The SMILES string of the molecule is [2H]C([2H])([2H])c1c(C)c(C)c(-c2nc3ccc(C)cn3c2CC(=O)N(C)C)c(C)c1C. The van der Waals surface area contributed by atoms with E-state index in [0.717, 1.165) is 50.4 Å². The second kappa shape index (κ2) is 6.84. The molecule has 0 aliphatic carbocycles. The number of rotatable bonds is 3. The van der Waals surface area contributed by atoms with Crippen LogP contribution in [0.2, 0.25) is 0 Å². The largest absolute Gasteiger partial charge is 0.348 e. The topological polar surface area (TPSA) is 37.6 Å². The molecule has 2 heterocycles. The molecule has 3 rings (SSSR count). The summed E-state index contributed by atoms with van der Waals surface area (Å²) in [6.07, 6.45) is 2.20. The molecule has 0 aliphatic rings. The van der Waals surface area contributed by atoms with Crippen LogP contribution in [0.5, 0.6) is 0 Å². The average molecular weight is 367 g/mol. The van der Waals surface area contributed by atoms with Gasteiger partial charge in [0.15, 0.2) is 0 Å². The molecule has 0 N–H and O–H groups in total. The quantitative estimate of drug-likeness (QED) is 0.685. The molecule has 4 nitrogen and oxygen atoms in total. The van der Waals surface area contributed by atoms with Crippen molar-refractivity contribution in [2.24, 2.45) is 0 Å². The van der Waals surface area contributed by atoms with E-state index in [-0.39, 0.29) is 12.3 Å². The summed E-state index contributed by atoms with van der Waals surface area (Å²) in [5.41, 5.74) is 8.03. The van der Waals surface area contributed by atoms with Crippen LogP contribution < -0.4 is 0 Å². The first kappa shape index (κ1) is 15.4. The van der Waals surface area contributed by atoms with Crippen molar-refractivity contribution in [1.82, 2.24) is 14.3 Å². The van der Waals surface area contributed by atoms with Crippen LogP contribution in [0.1, 0.15) is 43.2 Å². The van der Waals surface area contributed by atoms with Crippen LogP contribution in [0, 0.1) is 41.5 Å². The second-order valence-electron chi connectivity index (χ2n) is 7.56. The minimum absolute atomic E-state index is 0.0117. The number of aromatic nitrogens is 2. The zero-order valence-electron chi connectivity index (χ0n) is 20.2. The standard InChI is InChI=1S/C23H29N3O/c1-13-9-10-20-24-23(19(26(20)12-13)11-21(27)25(7)8)22-17(5)15(3)14(2)16(4)18(22)6/h9-10,12H,11H2,1-8H3/i2D3. The Balaban J connectivity index is 2.39. The maximum atomic E-state index is 12.6. The third-order valence-corrected chi connectivity index (χ3v) is 5.54. The van der Waals surface area contributed by atoms with Gasteiger partial charge in [-0.3, -0.25) is 4.79 Å². The summed E-state index contributed by atoms with van der Waals surface area (Å²) < 4.78 is 25.9. The predicted molar refractivity (Wildman–Crippen MR) is 111 cm³/mol. The molecule has 0 fully saturated rings. The molecule has 0 saturated carbocycles. The summed E-state index contributed by atoms with van der Waals surface area (Å²) in [6.45, 7) is 7.43. The number of imidazole rings is 1. The fourth-order valence-electron chi connectivity index (χ4n) is 3.54. The first-order valence-electron chi connectivity index (χ1n) is 10.6. The third-order valence-electron chi connectivity index (χ3n) is 5.54. The molecular formula is C23H29N3O. The van der Waals surface area contributed by atoms with Crippen molar-refractivity contribution in [1.29, 1.82) is 0 Å². The van der Waals surface area contributed by atoms with Crippen LogP contribution in [0.3, 0.4) is 0 Å². The minimum Gasteiger partial charge on any atom is -0.348 e. The minimum atomic E-state index is -2.18. The molecule has 0 radical (unpaired) electrons. The molecule has 0 unspecified atom stereocenters. The molecule has 3 aromatic rings. The van der Waals surface area contributed by atoms with Gasteiger partial charge in [0.2, 0.25) is 5.91 Å². The van der Waals surface area contributed by atoms with Gasteiger partial charge in [0.1, 0.15) is 5.65 Å². The number of hydrogen-bond acceptors (Lipinski definition) is 2. The molecule has 1 aromatic carbocycles. The Bertz CT molecular complexity index is 1130. The van der Waals surface area contributed by atoms with Gasteiger partial charge in [-0.25, -0.2) is 4.98 Å². The Hall–Kier alpha value is -2.62. The number of benzene rings is 1. The summed E-state index contributed by atoms with van der Waals surface area (Å²) >= 11 is 0. The fraction of sp³-hybridized carbons (Fsp3) is 0.391. The smallest absolute Gasteiger partial charge is 0.228 e. The zero-order valence-corrected chi connectivity index (χ0v) is 17.2. The molecule has 0 spiro atoms. The van der Waals surface area contributed by atoms with Crippen LogP contribution >= 0.6 is 0 Å². The zero-order chi connectivity index (χ0) is 22.5. The summed E-state index contributed by atoms with van der Waals surface area (Å²) in [5.74, 6) is -0.0117. The van der Waals surface area contributed by atoms with Gasteiger partial charge in [-0.2, -0.15) is 0 Å². The monoisotopic (exact) mass is 366 g/mol. The van der Waals surface area contributed by atoms with Crippen LogP contribution in [-0.2, 0) is 11.2 Å². The van der Waals surface area contributed by atoms with Gasteiger partial charge in [0.25, 0.3) is 0 Å². The van der Waals surface area contributed by atoms with Gasteiger partial charge in [-0.1, -0.05) is 6.07 Å². The Morgan fingerprint density at radius 3 is 2.22 bits per heavy atom. The maximum Gasteiger partial charge on any atom is 0.228 e. The molecule has 0 atom stereocenters. The average Bonchev–Trinajstić information content (AvgIpc) is 2.96. The summed E-state index contributed by atoms with van der Waals surface area (Å²) in [5, 5.41) is 0.